The van der Waals surface area contributed by atoms with E-state index in [0.29, 0.717) is 6.54 Å². The molecule has 2 aromatic rings. The van der Waals surface area contributed by atoms with E-state index in [-0.39, 0.29) is 18.2 Å². The lowest BCUT2D eigenvalue weighted by molar-refractivity contribution is 0.392. The predicted molar refractivity (Wildman–Crippen MR) is 81.6 cm³/mol. The standard InChI is InChI=1S/C15H19FN2O.ClH/c1-18(2)10-9-17-11-14-7-8-15(19-14)12-3-5-13(16)6-4-12;/h3-8,17H,9-11H2,1-2H3;1H. The molecule has 0 aliphatic heterocycles. The third kappa shape index (κ3) is 4.96. The van der Waals surface area contributed by atoms with Gasteiger partial charge in [0.2, 0.25) is 0 Å². The van der Waals surface area contributed by atoms with Gasteiger partial charge in [0, 0.05) is 18.7 Å². The van der Waals surface area contributed by atoms with Crippen molar-refractivity contribution in [2.45, 2.75) is 6.54 Å². The molecule has 0 amide bonds. The molecule has 1 N–H and O–H groups in total. The first-order chi connectivity index (χ1) is 9.15. The Morgan fingerprint density at radius 1 is 1.10 bits per heavy atom. The Morgan fingerprint density at radius 3 is 2.45 bits per heavy atom. The molecule has 5 heteroatoms. The van der Waals surface area contributed by atoms with Crippen molar-refractivity contribution in [3.05, 3.63) is 48.0 Å². The molecular weight excluding hydrogens is 279 g/mol. The summed E-state index contributed by atoms with van der Waals surface area (Å²) < 4.78 is 18.6. The maximum absolute atomic E-state index is 12.8. The molecule has 0 saturated carbocycles. The highest BCUT2D eigenvalue weighted by molar-refractivity contribution is 5.85. The number of nitrogens with one attached hydrogen (secondary N) is 1. The van der Waals surface area contributed by atoms with Crippen molar-refractivity contribution in [2.24, 2.45) is 0 Å². The second kappa shape index (κ2) is 8.04. The molecule has 0 aliphatic carbocycles. The number of rotatable bonds is 6. The fourth-order valence-corrected chi connectivity index (χ4v) is 1.76. The van der Waals surface area contributed by atoms with E-state index in [0.717, 1.165) is 30.2 Å². The third-order valence-corrected chi connectivity index (χ3v) is 2.83. The third-order valence-electron chi connectivity index (χ3n) is 2.83. The summed E-state index contributed by atoms with van der Waals surface area (Å²) in [6.45, 7) is 2.61. The van der Waals surface area contributed by atoms with Gasteiger partial charge in [0.15, 0.2) is 0 Å². The molecule has 1 aromatic heterocycles. The molecule has 0 spiro atoms. The van der Waals surface area contributed by atoms with Crippen LogP contribution in [0.3, 0.4) is 0 Å². The van der Waals surface area contributed by atoms with Gasteiger partial charge in [-0.3, -0.25) is 0 Å². The molecule has 0 fully saturated rings. The fraction of sp³-hybridized carbons (Fsp3) is 0.333. The van der Waals surface area contributed by atoms with Crippen molar-refractivity contribution >= 4 is 12.4 Å². The highest BCUT2D eigenvalue weighted by atomic mass is 35.5. The normalized spacial score (nSPS) is 10.6. The summed E-state index contributed by atoms with van der Waals surface area (Å²) in [6, 6.07) is 10.2. The van der Waals surface area contributed by atoms with Crippen LogP contribution in [-0.4, -0.2) is 32.1 Å². The van der Waals surface area contributed by atoms with Gasteiger partial charge in [-0.2, -0.15) is 0 Å². The monoisotopic (exact) mass is 298 g/mol. The van der Waals surface area contributed by atoms with Gasteiger partial charge in [0.1, 0.15) is 17.3 Å². The zero-order valence-corrected chi connectivity index (χ0v) is 12.5. The average Bonchev–Trinajstić information content (AvgIpc) is 2.84. The molecule has 0 aliphatic rings. The Kier molecular flexibility index (Phi) is 6.71. The topological polar surface area (TPSA) is 28.4 Å². The first-order valence-electron chi connectivity index (χ1n) is 6.35. The van der Waals surface area contributed by atoms with E-state index in [2.05, 4.69) is 10.2 Å². The van der Waals surface area contributed by atoms with Crippen LogP contribution in [0.2, 0.25) is 0 Å². The summed E-state index contributed by atoms with van der Waals surface area (Å²) in [6.07, 6.45) is 0. The van der Waals surface area contributed by atoms with Gasteiger partial charge in [0.25, 0.3) is 0 Å². The maximum Gasteiger partial charge on any atom is 0.134 e. The second-order valence-corrected chi connectivity index (χ2v) is 4.75. The smallest absolute Gasteiger partial charge is 0.134 e. The van der Waals surface area contributed by atoms with Crippen molar-refractivity contribution in [3.8, 4) is 11.3 Å². The highest BCUT2D eigenvalue weighted by Gasteiger charge is 2.04. The molecule has 110 valence electrons. The predicted octanol–water partition coefficient (Wildman–Crippen LogP) is 3.16. The SMILES string of the molecule is CN(C)CCNCc1ccc(-c2ccc(F)cc2)o1.Cl. The summed E-state index contributed by atoms with van der Waals surface area (Å²) in [5.74, 6) is 1.42. The van der Waals surface area contributed by atoms with Crippen LogP contribution in [0, 0.1) is 5.82 Å². The van der Waals surface area contributed by atoms with Crippen LogP contribution >= 0.6 is 12.4 Å². The van der Waals surface area contributed by atoms with Gasteiger partial charge in [-0.05, 0) is 50.5 Å². The van der Waals surface area contributed by atoms with Crippen LogP contribution in [-0.2, 0) is 6.54 Å². The Morgan fingerprint density at radius 2 is 1.80 bits per heavy atom. The van der Waals surface area contributed by atoms with E-state index < -0.39 is 0 Å². The first kappa shape index (κ1) is 16.7. The van der Waals surface area contributed by atoms with Crippen LogP contribution < -0.4 is 5.32 Å². The first-order valence-corrected chi connectivity index (χ1v) is 6.35. The fourth-order valence-electron chi connectivity index (χ4n) is 1.76. The second-order valence-electron chi connectivity index (χ2n) is 4.75. The average molecular weight is 299 g/mol. The quantitative estimate of drug-likeness (QED) is 0.831. The molecule has 1 aromatic carbocycles. The molecule has 0 unspecified atom stereocenters. The number of nitrogens with zero attached hydrogens (tertiary/aromatic N) is 1. The van der Waals surface area contributed by atoms with Crippen molar-refractivity contribution in [3.63, 3.8) is 0 Å². The van der Waals surface area contributed by atoms with Gasteiger partial charge in [-0.25, -0.2) is 4.39 Å². The van der Waals surface area contributed by atoms with Crippen LogP contribution in [0.15, 0.2) is 40.8 Å². The largest absolute Gasteiger partial charge is 0.460 e. The van der Waals surface area contributed by atoms with Crippen LogP contribution in [0.25, 0.3) is 11.3 Å². The molecule has 0 bridgehead atoms. The number of hydrogen-bond donors (Lipinski definition) is 1. The van der Waals surface area contributed by atoms with Gasteiger partial charge in [0.05, 0.1) is 6.54 Å². The lowest BCUT2D eigenvalue weighted by Gasteiger charge is -2.09. The van der Waals surface area contributed by atoms with E-state index >= 15 is 0 Å². The number of hydrogen-bond acceptors (Lipinski definition) is 3. The number of benzene rings is 1. The van der Waals surface area contributed by atoms with Gasteiger partial charge < -0.3 is 14.6 Å². The molecule has 1 heterocycles. The summed E-state index contributed by atoms with van der Waals surface area (Å²) >= 11 is 0. The van der Waals surface area contributed by atoms with E-state index in [1.54, 1.807) is 12.1 Å². The molecule has 0 radical (unpaired) electrons. The Balaban J connectivity index is 0.00000200. The molecule has 2 rings (SSSR count). The number of halogens is 2. The minimum atomic E-state index is -0.235. The van der Waals surface area contributed by atoms with Crippen LogP contribution in [0.1, 0.15) is 5.76 Å². The summed E-state index contributed by atoms with van der Waals surface area (Å²) in [7, 11) is 4.09. The van der Waals surface area contributed by atoms with Gasteiger partial charge >= 0.3 is 0 Å². The summed E-state index contributed by atoms with van der Waals surface area (Å²) in [5, 5.41) is 3.31. The van der Waals surface area contributed by atoms with Gasteiger partial charge in [-0.1, -0.05) is 0 Å². The molecular formula is C15H20ClFN2O. The zero-order chi connectivity index (χ0) is 13.7. The van der Waals surface area contributed by atoms with E-state index in [4.69, 9.17) is 4.42 Å². The molecule has 20 heavy (non-hydrogen) atoms. The lowest BCUT2D eigenvalue weighted by atomic mass is 10.2. The van der Waals surface area contributed by atoms with Crippen LogP contribution in [0.5, 0.6) is 0 Å². The van der Waals surface area contributed by atoms with E-state index in [1.165, 1.54) is 12.1 Å². The summed E-state index contributed by atoms with van der Waals surface area (Å²) in [4.78, 5) is 2.12. The van der Waals surface area contributed by atoms with Crippen molar-refractivity contribution < 1.29 is 8.81 Å². The van der Waals surface area contributed by atoms with Crippen LogP contribution in [0.4, 0.5) is 4.39 Å². The van der Waals surface area contributed by atoms with E-state index in [1.807, 2.05) is 26.2 Å². The van der Waals surface area contributed by atoms with E-state index in [9.17, 15) is 4.39 Å². The number of furan rings is 1. The Hall–Kier alpha value is -1.36. The van der Waals surface area contributed by atoms with Crippen molar-refractivity contribution in [1.82, 2.24) is 10.2 Å². The molecule has 3 nitrogen and oxygen atoms in total. The highest BCUT2D eigenvalue weighted by Crippen LogP contribution is 2.22. The Bertz CT molecular complexity index is 511. The molecule has 0 saturated heterocycles. The summed E-state index contributed by atoms with van der Waals surface area (Å²) in [5.41, 5.74) is 0.890. The minimum absolute atomic E-state index is 0. The minimum Gasteiger partial charge on any atom is -0.460 e. The zero-order valence-electron chi connectivity index (χ0n) is 11.7. The molecule has 0 atom stereocenters. The number of likely N-dealkylation sites (N-methyl/N-ethyl adjacent to an activating group) is 1. The van der Waals surface area contributed by atoms with Crippen molar-refractivity contribution in [1.29, 1.82) is 0 Å². The Labute approximate surface area is 125 Å². The maximum atomic E-state index is 12.8. The van der Waals surface area contributed by atoms with Crippen molar-refractivity contribution in [2.75, 3.05) is 27.2 Å². The van der Waals surface area contributed by atoms with Gasteiger partial charge in [-0.15, -0.1) is 12.4 Å². The lowest BCUT2D eigenvalue weighted by Crippen LogP contribution is -2.25.